The van der Waals surface area contributed by atoms with Crippen LogP contribution in [0.3, 0.4) is 0 Å². The predicted molar refractivity (Wildman–Crippen MR) is 79.4 cm³/mol. The maximum Gasteiger partial charge on any atom is 0.142 e. The summed E-state index contributed by atoms with van der Waals surface area (Å²) < 4.78 is 0. The highest BCUT2D eigenvalue weighted by molar-refractivity contribution is 6.12. The summed E-state index contributed by atoms with van der Waals surface area (Å²) >= 11 is 0. The van der Waals surface area contributed by atoms with Gasteiger partial charge in [-0.2, -0.15) is 5.26 Å². The molecule has 94 valence electrons. The zero-order valence-electron chi connectivity index (χ0n) is 11.4. The van der Waals surface area contributed by atoms with Crippen LogP contribution in [0.5, 0.6) is 0 Å². The first kappa shape index (κ1) is 13.0. The van der Waals surface area contributed by atoms with Crippen molar-refractivity contribution in [3.8, 4) is 17.2 Å². The average Bonchev–Trinajstić information content (AvgIpc) is 2.43. The van der Waals surface area contributed by atoms with Crippen molar-refractivity contribution >= 4 is 5.71 Å². The molecule has 0 heterocycles. The number of benzene rings is 2. The zero-order valence-corrected chi connectivity index (χ0v) is 11.4. The fourth-order valence-corrected chi connectivity index (χ4v) is 2.03. The van der Waals surface area contributed by atoms with E-state index in [-0.39, 0.29) is 0 Å². The summed E-state index contributed by atoms with van der Waals surface area (Å²) in [7, 11) is 1.65. The Labute approximate surface area is 114 Å². The van der Waals surface area contributed by atoms with Crippen molar-refractivity contribution < 1.29 is 0 Å². The molecule has 0 bridgehead atoms. The Bertz CT molecular complexity index is 659. The predicted octanol–water partition coefficient (Wildman–Crippen LogP) is 3.91. The summed E-state index contributed by atoms with van der Waals surface area (Å²) in [5, 5.41) is 9.12. The second kappa shape index (κ2) is 5.49. The molecule has 0 radical (unpaired) electrons. The van der Waals surface area contributed by atoms with E-state index in [1.807, 2.05) is 19.1 Å². The van der Waals surface area contributed by atoms with Crippen molar-refractivity contribution in [2.45, 2.75) is 13.8 Å². The Morgan fingerprint density at radius 2 is 1.63 bits per heavy atom. The lowest BCUT2D eigenvalue weighted by Crippen LogP contribution is -2.00. The molecule has 0 saturated carbocycles. The van der Waals surface area contributed by atoms with Gasteiger partial charge in [-0.15, -0.1) is 0 Å². The van der Waals surface area contributed by atoms with Crippen LogP contribution in [0.2, 0.25) is 0 Å². The zero-order chi connectivity index (χ0) is 13.8. The molecule has 0 aromatic heterocycles. The van der Waals surface area contributed by atoms with E-state index in [4.69, 9.17) is 5.26 Å². The molecule has 0 aliphatic heterocycles. The molecule has 2 aromatic carbocycles. The van der Waals surface area contributed by atoms with Crippen molar-refractivity contribution in [2.75, 3.05) is 7.05 Å². The van der Waals surface area contributed by atoms with E-state index in [1.54, 1.807) is 7.05 Å². The number of hydrogen-bond donors (Lipinski definition) is 0. The summed E-state index contributed by atoms with van der Waals surface area (Å²) in [4.78, 5) is 4.04. The maximum atomic E-state index is 9.12. The molecule has 2 heteroatoms. The van der Waals surface area contributed by atoms with Crippen molar-refractivity contribution in [1.29, 1.82) is 5.26 Å². The minimum Gasteiger partial charge on any atom is -0.277 e. The highest BCUT2D eigenvalue weighted by Crippen LogP contribution is 2.23. The molecule has 0 saturated heterocycles. The molecule has 0 atom stereocenters. The molecule has 0 unspecified atom stereocenters. The lowest BCUT2D eigenvalue weighted by molar-refractivity contribution is 1.38. The Balaban J connectivity index is 2.53. The minimum absolute atomic E-state index is 0.478. The van der Waals surface area contributed by atoms with Crippen molar-refractivity contribution in [1.82, 2.24) is 0 Å². The Hall–Kier alpha value is -2.40. The van der Waals surface area contributed by atoms with Gasteiger partial charge >= 0.3 is 0 Å². The van der Waals surface area contributed by atoms with Crippen LogP contribution in [0.4, 0.5) is 0 Å². The van der Waals surface area contributed by atoms with Gasteiger partial charge in [-0.1, -0.05) is 42.0 Å². The molecule has 2 nitrogen and oxygen atoms in total. The fourth-order valence-electron chi connectivity index (χ4n) is 2.03. The number of nitriles is 1. The summed E-state index contributed by atoms with van der Waals surface area (Å²) in [6, 6.07) is 16.7. The van der Waals surface area contributed by atoms with Gasteiger partial charge in [0.05, 0.1) is 0 Å². The molecular weight excluding hydrogens is 232 g/mol. The van der Waals surface area contributed by atoms with Crippen LogP contribution in [0.25, 0.3) is 11.1 Å². The molecule has 19 heavy (non-hydrogen) atoms. The number of nitrogens with zero attached hydrogens (tertiary/aromatic N) is 2. The Morgan fingerprint density at radius 1 is 1.00 bits per heavy atom. The SMILES string of the molecule is CN=C(C#N)c1cc(-c2ccc(C)cc2)ccc1C. The normalized spacial score (nSPS) is 11.2. The molecule has 0 spiro atoms. The van der Waals surface area contributed by atoms with Gasteiger partial charge in [0.15, 0.2) is 0 Å². The van der Waals surface area contributed by atoms with Gasteiger partial charge in [-0.25, -0.2) is 0 Å². The van der Waals surface area contributed by atoms with Crippen LogP contribution in [0.15, 0.2) is 47.5 Å². The van der Waals surface area contributed by atoms with Crippen LogP contribution in [0.1, 0.15) is 16.7 Å². The lowest BCUT2D eigenvalue weighted by Gasteiger charge is -2.08. The van der Waals surface area contributed by atoms with Crippen molar-refractivity contribution in [3.05, 3.63) is 59.2 Å². The smallest absolute Gasteiger partial charge is 0.142 e. The third-order valence-corrected chi connectivity index (χ3v) is 3.21. The molecular formula is C17H16N2. The molecule has 2 rings (SSSR count). The number of aliphatic imine (C=N–C) groups is 1. The highest BCUT2D eigenvalue weighted by Gasteiger charge is 2.07. The van der Waals surface area contributed by atoms with Crippen molar-refractivity contribution in [3.63, 3.8) is 0 Å². The van der Waals surface area contributed by atoms with Gasteiger partial charge < -0.3 is 0 Å². The lowest BCUT2D eigenvalue weighted by atomic mass is 9.97. The summed E-state index contributed by atoms with van der Waals surface area (Å²) in [6.45, 7) is 4.07. The molecule has 0 N–H and O–H groups in total. The van der Waals surface area contributed by atoms with Crippen molar-refractivity contribution in [2.24, 2.45) is 4.99 Å². The summed E-state index contributed by atoms with van der Waals surface area (Å²) in [5.41, 5.74) is 5.95. The monoisotopic (exact) mass is 248 g/mol. The summed E-state index contributed by atoms with van der Waals surface area (Å²) in [5.74, 6) is 0. The topological polar surface area (TPSA) is 36.1 Å². The molecule has 2 aromatic rings. The van der Waals surface area contributed by atoms with Crippen LogP contribution in [-0.2, 0) is 0 Å². The van der Waals surface area contributed by atoms with Crippen LogP contribution in [0, 0.1) is 25.2 Å². The van der Waals surface area contributed by atoms with Crippen LogP contribution in [-0.4, -0.2) is 12.8 Å². The second-order valence-corrected chi connectivity index (χ2v) is 4.58. The third-order valence-electron chi connectivity index (χ3n) is 3.21. The molecule has 0 fully saturated rings. The molecule has 0 amide bonds. The van der Waals surface area contributed by atoms with Gasteiger partial charge in [0.25, 0.3) is 0 Å². The maximum absolute atomic E-state index is 9.12. The van der Waals surface area contributed by atoms with E-state index in [1.165, 1.54) is 5.56 Å². The highest BCUT2D eigenvalue weighted by atomic mass is 14.7. The van der Waals surface area contributed by atoms with E-state index in [9.17, 15) is 0 Å². The first-order chi connectivity index (χ1) is 9.15. The average molecular weight is 248 g/mol. The van der Waals surface area contributed by atoms with Gasteiger partial charge in [-0.05, 0) is 36.6 Å². The quantitative estimate of drug-likeness (QED) is 0.742. The molecule has 0 aliphatic carbocycles. The first-order valence-corrected chi connectivity index (χ1v) is 6.20. The Morgan fingerprint density at radius 3 is 2.21 bits per heavy atom. The van der Waals surface area contributed by atoms with E-state index < -0.39 is 0 Å². The number of aryl methyl sites for hydroxylation is 2. The van der Waals surface area contributed by atoms with Gasteiger partial charge in [0, 0.05) is 12.6 Å². The number of rotatable bonds is 2. The van der Waals surface area contributed by atoms with E-state index in [0.29, 0.717) is 5.71 Å². The second-order valence-electron chi connectivity index (χ2n) is 4.58. The largest absolute Gasteiger partial charge is 0.277 e. The van der Waals surface area contributed by atoms with E-state index >= 15 is 0 Å². The first-order valence-electron chi connectivity index (χ1n) is 6.20. The van der Waals surface area contributed by atoms with Gasteiger partial charge in [0.1, 0.15) is 11.8 Å². The number of hydrogen-bond acceptors (Lipinski definition) is 2. The van der Waals surface area contributed by atoms with E-state index in [0.717, 1.165) is 22.3 Å². The van der Waals surface area contributed by atoms with E-state index in [2.05, 4.69) is 48.3 Å². The standard InChI is InChI=1S/C17H16N2/c1-12-4-7-14(8-5-12)15-9-6-13(2)16(10-15)17(11-18)19-3/h4-10H,1-3H3. The molecule has 0 aliphatic rings. The Kier molecular flexibility index (Phi) is 3.77. The minimum atomic E-state index is 0.478. The van der Waals surface area contributed by atoms with Crippen LogP contribution >= 0.6 is 0 Å². The van der Waals surface area contributed by atoms with Gasteiger partial charge in [-0.3, -0.25) is 4.99 Å². The fraction of sp³-hybridized carbons (Fsp3) is 0.176. The summed E-state index contributed by atoms with van der Waals surface area (Å²) in [6.07, 6.45) is 0. The third kappa shape index (κ3) is 2.71. The van der Waals surface area contributed by atoms with Crippen LogP contribution < -0.4 is 0 Å². The van der Waals surface area contributed by atoms with Gasteiger partial charge in [0.2, 0.25) is 0 Å².